The molecule has 2 aliphatic heterocycles. The van der Waals surface area contributed by atoms with E-state index in [0.717, 1.165) is 0 Å². The summed E-state index contributed by atoms with van der Waals surface area (Å²) in [4.78, 5) is 0. The Balaban J connectivity index is 2.03. The fourth-order valence-corrected chi connectivity index (χ4v) is 5.01. The van der Waals surface area contributed by atoms with Crippen molar-refractivity contribution in [2.24, 2.45) is 13.0 Å². The molecule has 0 amide bonds. The average Bonchev–Trinajstić information content (AvgIpc) is 3.04. The highest BCUT2D eigenvalue weighted by Crippen LogP contribution is 2.53. The number of rotatable bonds is 0. The van der Waals surface area contributed by atoms with Crippen LogP contribution in [0.15, 0.2) is 47.7 Å². The van der Waals surface area contributed by atoms with Gasteiger partial charge in [0.2, 0.25) is 5.69 Å². The second kappa shape index (κ2) is 3.47. The molecule has 0 fully saturated rings. The summed E-state index contributed by atoms with van der Waals surface area (Å²) < 4.78 is 4.69. The fourth-order valence-electron chi connectivity index (χ4n) is 3.85. The summed E-state index contributed by atoms with van der Waals surface area (Å²) in [6.45, 7) is 2.25. The van der Waals surface area contributed by atoms with E-state index < -0.39 is 0 Å². The van der Waals surface area contributed by atoms with E-state index in [0.29, 0.717) is 11.2 Å². The van der Waals surface area contributed by atoms with Crippen molar-refractivity contribution < 1.29 is 4.57 Å². The fraction of sp³-hybridized carbons (Fsp3) is 0.235. The Morgan fingerprint density at radius 3 is 3.10 bits per heavy atom. The molecule has 0 spiro atoms. The van der Waals surface area contributed by atoms with Gasteiger partial charge < -0.3 is 4.57 Å². The standard InChI is InChI=1S/C17H15N2S/c1-10-3-4-13-15-12(9-20-13)19-8-6-11-5-7-18(2)17(14(10)15)16(11)19/h3-9,13,15H,1-2H3/q+1. The molecular formula is C17H15N2S+. The Morgan fingerprint density at radius 1 is 1.30 bits per heavy atom. The van der Waals surface area contributed by atoms with Gasteiger partial charge in [-0.3, -0.25) is 0 Å². The van der Waals surface area contributed by atoms with Crippen molar-refractivity contribution in [3.05, 3.63) is 53.4 Å². The Kier molecular flexibility index (Phi) is 1.91. The number of fused-ring (bicyclic) bond motifs is 2. The molecule has 4 heterocycles. The van der Waals surface area contributed by atoms with E-state index in [2.05, 4.69) is 65.2 Å². The van der Waals surface area contributed by atoms with Gasteiger partial charge in [-0.1, -0.05) is 12.2 Å². The van der Waals surface area contributed by atoms with E-state index in [1.54, 1.807) is 0 Å². The van der Waals surface area contributed by atoms with Crippen LogP contribution >= 0.6 is 11.8 Å². The SMILES string of the molecule is CC1=C2c3c4c(ccn4C4=CSC(C=C1)C42)cc[n+]3C. The Hall–Kier alpha value is -1.74. The zero-order chi connectivity index (χ0) is 13.4. The number of aromatic nitrogens is 2. The van der Waals surface area contributed by atoms with Crippen LogP contribution in [0.5, 0.6) is 0 Å². The second-order valence-corrected chi connectivity index (χ2v) is 6.89. The second-order valence-electron chi connectivity index (χ2n) is 5.84. The van der Waals surface area contributed by atoms with Crippen molar-refractivity contribution in [2.75, 3.05) is 0 Å². The van der Waals surface area contributed by atoms with E-state index in [1.165, 1.54) is 33.4 Å². The number of aryl methyl sites for hydroxylation is 1. The third-order valence-electron chi connectivity index (χ3n) is 4.77. The minimum atomic E-state index is 0.515. The average molecular weight is 279 g/mol. The minimum Gasteiger partial charge on any atom is -0.314 e. The lowest BCUT2D eigenvalue weighted by Crippen LogP contribution is -2.38. The zero-order valence-electron chi connectivity index (χ0n) is 11.5. The Morgan fingerprint density at radius 2 is 2.20 bits per heavy atom. The molecule has 1 aliphatic carbocycles. The maximum absolute atomic E-state index is 2.40. The van der Waals surface area contributed by atoms with Gasteiger partial charge in [0.05, 0.1) is 0 Å². The van der Waals surface area contributed by atoms with Crippen molar-refractivity contribution >= 4 is 33.9 Å². The van der Waals surface area contributed by atoms with Crippen LogP contribution < -0.4 is 4.57 Å². The van der Waals surface area contributed by atoms with Crippen LogP contribution in [-0.4, -0.2) is 9.82 Å². The highest BCUT2D eigenvalue weighted by atomic mass is 32.2. The monoisotopic (exact) mass is 279 g/mol. The smallest absolute Gasteiger partial charge is 0.234 e. The highest BCUT2D eigenvalue weighted by molar-refractivity contribution is 8.03. The molecule has 2 nitrogen and oxygen atoms in total. The number of hydrogen-bond acceptors (Lipinski definition) is 1. The van der Waals surface area contributed by atoms with Gasteiger partial charge in [-0.25, -0.2) is 0 Å². The van der Waals surface area contributed by atoms with E-state index in [-0.39, 0.29) is 0 Å². The van der Waals surface area contributed by atoms with Gasteiger partial charge in [-0.15, -0.1) is 11.8 Å². The molecule has 3 aliphatic rings. The molecule has 98 valence electrons. The first-order valence-corrected chi connectivity index (χ1v) is 7.95. The molecule has 3 heteroatoms. The maximum Gasteiger partial charge on any atom is 0.234 e. The number of thioether (sulfide) groups is 1. The normalized spacial score (nSPS) is 26.2. The first kappa shape index (κ1) is 11.0. The summed E-state index contributed by atoms with van der Waals surface area (Å²) in [6, 6.07) is 4.45. The van der Waals surface area contributed by atoms with Gasteiger partial charge in [0.25, 0.3) is 0 Å². The maximum atomic E-state index is 2.40. The van der Waals surface area contributed by atoms with E-state index >= 15 is 0 Å². The van der Waals surface area contributed by atoms with Crippen molar-refractivity contribution in [1.29, 1.82) is 0 Å². The minimum absolute atomic E-state index is 0.515. The summed E-state index contributed by atoms with van der Waals surface area (Å²) in [6.07, 6.45) is 9.09. The lowest BCUT2D eigenvalue weighted by Gasteiger charge is -2.31. The van der Waals surface area contributed by atoms with E-state index in [1.807, 2.05) is 11.8 Å². The summed E-state index contributed by atoms with van der Waals surface area (Å²) in [5.74, 6) is 0.515. The van der Waals surface area contributed by atoms with Crippen molar-refractivity contribution in [3.8, 4) is 0 Å². The third-order valence-corrected chi connectivity index (χ3v) is 5.89. The van der Waals surface area contributed by atoms with Gasteiger partial charge >= 0.3 is 0 Å². The van der Waals surface area contributed by atoms with Gasteiger partial charge in [0.1, 0.15) is 12.6 Å². The molecule has 0 N–H and O–H groups in total. The molecular weight excluding hydrogens is 264 g/mol. The zero-order valence-corrected chi connectivity index (χ0v) is 12.3. The summed E-state index contributed by atoms with van der Waals surface area (Å²) in [7, 11) is 2.16. The quantitative estimate of drug-likeness (QED) is 0.672. The number of nitrogens with zero attached hydrogens (tertiary/aromatic N) is 2. The molecule has 0 radical (unpaired) electrons. The molecule has 2 unspecified atom stereocenters. The summed E-state index contributed by atoms with van der Waals surface area (Å²) >= 11 is 1.96. The lowest BCUT2D eigenvalue weighted by atomic mass is 9.80. The van der Waals surface area contributed by atoms with Crippen LogP contribution in [-0.2, 0) is 7.05 Å². The van der Waals surface area contributed by atoms with Gasteiger partial charge in [-0.2, -0.15) is 4.57 Å². The van der Waals surface area contributed by atoms with E-state index in [4.69, 9.17) is 0 Å². The molecule has 0 aromatic carbocycles. The summed E-state index contributed by atoms with van der Waals surface area (Å²) in [5.41, 5.74) is 7.14. The van der Waals surface area contributed by atoms with Crippen molar-refractivity contribution in [2.45, 2.75) is 12.2 Å². The van der Waals surface area contributed by atoms with Crippen molar-refractivity contribution in [3.63, 3.8) is 0 Å². The van der Waals surface area contributed by atoms with Gasteiger partial charge in [0, 0.05) is 40.1 Å². The number of hydrogen-bond donors (Lipinski definition) is 0. The van der Waals surface area contributed by atoms with E-state index in [9.17, 15) is 0 Å². The molecule has 2 aromatic rings. The molecule has 0 saturated heterocycles. The summed E-state index contributed by atoms with van der Waals surface area (Å²) in [5, 5.41) is 4.25. The van der Waals surface area contributed by atoms with Crippen molar-refractivity contribution in [1.82, 2.24) is 4.57 Å². The number of allylic oxidation sites excluding steroid dienone is 4. The molecule has 0 saturated carbocycles. The third kappa shape index (κ3) is 1.12. The first-order valence-electron chi connectivity index (χ1n) is 7.00. The van der Waals surface area contributed by atoms with Crippen LogP contribution in [0, 0.1) is 5.92 Å². The topological polar surface area (TPSA) is 8.81 Å². The lowest BCUT2D eigenvalue weighted by molar-refractivity contribution is -0.672. The van der Waals surface area contributed by atoms with Crippen LogP contribution in [0.4, 0.5) is 0 Å². The van der Waals surface area contributed by atoms with Crippen LogP contribution in [0.1, 0.15) is 12.6 Å². The molecule has 2 aromatic heterocycles. The van der Waals surface area contributed by atoms with Gasteiger partial charge in [0.15, 0.2) is 6.20 Å². The Labute approximate surface area is 122 Å². The molecule has 2 atom stereocenters. The van der Waals surface area contributed by atoms with Crippen LogP contribution in [0.3, 0.4) is 0 Å². The highest BCUT2D eigenvalue weighted by Gasteiger charge is 2.44. The first-order chi connectivity index (χ1) is 9.75. The predicted octanol–water partition coefficient (Wildman–Crippen LogP) is 3.35. The molecule has 5 rings (SSSR count). The molecule has 20 heavy (non-hydrogen) atoms. The van der Waals surface area contributed by atoms with Crippen LogP contribution in [0.25, 0.3) is 22.2 Å². The Bertz CT molecular complexity index is 866. The molecule has 0 bridgehead atoms. The number of pyridine rings is 1. The van der Waals surface area contributed by atoms with Crippen LogP contribution in [0.2, 0.25) is 0 Å². The van der Waals surface area contributed by atoms with Gasteiger partial charge in [-0.05, 0) is 24.0 Å². The predicted molar refractivity (Wildman–Crippen MR) is 84.0 cm³/mol. The largest absolute Gasteiger partial charge is 0.314 e.